The van der Waals surface area contributed by atoms with Gasteiger partial charge < -0.3 is 5.32 Å². The van der Waals surface area contributed by atoms with E-state index >= 15 is 0 Å². The van der Waals surface area contributed by atoms with Gasteiger partial charge in [-0.25, -0.2) is 0 Å². The van der Waals surface area contributed by atoms with Crippen LogP contribution in [0.1, 0.15) is 27.2 Å². The molecule has 2 amide bonds. The fraction of sp³-hybridized carbons (Fsp3) is 0.429. The lowest BCUT2D eigenvalue weighted by Crippen LogP contribution is -2.68. The molecule has 0 aliphatic carbocycles. The number of hydrogen-bond acceptors (Lipinski definition) is 2. The molecule has 0 bridgehead atoms. The first-order valence-electron chi connectivity index (χ1n) is 6.41. The van der Waals surface area contributed by atoms with E-state index in [0.717, 1.165) is 4.47 Å². The average molecular weight is 360 g/mol. The van der Waals surface area contributed by atoms with E-state index in [4.69, 9.17) is 11.6 Å². The zero-order valence-corrected chi connectivity index (χ0v) is 13.9. The van der Waals surface area contributed by atoms with Gasteiger partial charge in [0.2, 0.25) is 5.91 Å². The molecular formula is C14H16BrClN2O2. The molecule has 1 fully saturated rings. The Morgan fingerprint density at radius 3 is 2.65 bits per heavy atom. The van der Waals surface area contributed by atoms with Crippen molar-refractivity contribution in [3.8, 4) is 0 Å². The molecule has 2 atom stereocenters. The Labute approximate surface area is 131 Å². The Kier molecular flexibility index (Phi) is 4.12. The summed E-state index contributed by atoms with van der Waals surface area (Å²) in [5.74, 6) is -0.279. The van der Waals surface area contributed by atoms with Crippen LogP contribution in [0.15, 0.2) is 22.7 Å². The predicted octanol–water partition coefficient (Wildman–Crippen LogP) is 3.12. The number of hydrogen-bond donors (Lipinski definition) is 1. The third-order valence-electron chi connectivity index (χ3n) is 3.75. The molecule has 2 rings (SSSR count). The Hall–Kier alpha value is -1.07. The van der Waals surface area contributed by atoms with Crippen molar-refractivity contribution < 1.29 is 9.59 Å². The smallest absolute Gasteiger partial charge is 0.253 e. The van der Waals surface area contributed by atoms with Crippen molar-refractivity contribution in [3.63, 3.8) is 0 Å². The molecule has 1 aromatic carbocycles. The van der Waals surface area contributed by atoms with Crippen LogP contribution >= 0.6 is 27.5 Å². The fourth-order valence-electron chi connectivity index (χ4n) is 2.20. The molecule has 2 unspecified atom stereocenters. The lowest BCUT2D eigenvalue weighted by Gasteiger charge is -2.43. The van der Waals surface area contributed by atoms with E-state index in [0.29, 0.717) is 17.1 Å². The van der Waals surface area contributed by atoms with Crippen LogP contribution in [-0.2, 0) is 9.59 Å². The first-order chi connectivity index (χ1) is 9.30. The normalized spacial score (nSPS) is 26.6. The third-order valence-corrected chi connectivity index (χ3v) is 4.98. The molecule has 0 spiro atoms. The minimum Gasteiger partial charge on any atom is -0.340 e. The van der Waals surface area contributed by atoms with Gasteiger partial charge in [-0.05, 0) is 54.4 Å². The van der Waals surface area contributed by atoms with Crippen LogP contribution in [0.2, 0.25) is 5.02 Å². The largest absolute Gasteiger partial charge is 0.340 e. The molecular weight excluding hydrogens is 344 g/mol. The number of benzene rings is 1. The first kappa shape index (κ1) is 15.3. The second kappa shape index (κ2) is 5.37. The Morgan fingerprint density at radius 2 is 2.10 bits per heavy atom. The molecule has 1 aliphatic heterocycles. The first-order valence-corrected chi connectivity index (χ1v) is 7.58. The summed E-state index contributed by atoms with van der Waals surface area (Å²) >= 11 is 9.40. The Morgan fingerprint density at radius 1 is 1.45 bits per heavy atom. The van der Waals surface area contributed by atoms with Crippen molar-refractivity contribution in [2.24, 2.45) is 0 Å². The van der Waals surface area contributed by atoms with Crippen LogP contribution in [-0.4, -0.2) is 23.4 Å². The van der Waals surface area contributed by atoms with Gasteiger partial charge in [0.05, 0.1) is 5.02 Å². The summed E-state index contributed by atoms with van der Waals surface area (Å²) in [5.41, 5.74) is -0.242. The van der Waals surface area contributed by atoms with Crippen LogP contribution in [0, 0.1) is 0 Å². The highest BCUT2D eigenvalue weighted by molar-refractivity contribution is 9.10. The van der Waals surface area contributed by atoms with E-state index in [-0.39, 0.29) is 11.8 Å². The summed E-state index contributed by atoms with van der Waals surface area (Å²) in [4.78, 5) is 26.3. The van der Waals surface area contributed by atoms with Crippen LogP contribution in [0.3, 0.4) is 0 Å². The van der Waals surface area contributed by atoms with E-state index in [1.54, 1.807) is 32.0 Å². The van der Waals surface area contributed by atoms with Crippen LogP contribution in [0.25, 0.3) is 0 Å². The maximum Gasteiger partial charge on any atom is 0.253 e. The number of nitrogens with one attached hydrogen (secondary N) is 1. The number of carbonyl (C=O) groups is 2. The summed E-state index contributed by atoms with van der Waals surface area (Å²) in [6.07, 6.45) is 0.533. The van der Waals surface area contributed by atoms with E-state index in [9.17, 15) is 9.59 Å². The highest BCUT2D eigenvalue weighted by Gasteiger charge is 2.45. The van der Waals surface area contributed by atoms with Crippen molar-refractivity contribution in [1.82, 2.24) is 5.32 Å². The van der Waals surface area contributed by atoms with E-state index in [1.165, 1.54) is 4.90 Å². The zero-order chi connectivity index (χ0) is 15.1. The van der Waals surface area contributed by atoms with Gasteiger partial charge in [0, 0.05) is 10.2 Å². The van der Waals surface area contributed by atoms with Gasteiger partial charge in [-0.1, -0.05) is 18.5 Å². The summed E-state index contributed by atoms with van der Waals surface area (Å²) < 4.78 is 0.753. The van der Waals surface area contributed by atoms with Crippen molar-refractivity contribution in [2.45, 2.75) is 38.8 Å². The summed E-state index contributed by atoms with van der Waals surface area (Å²) in [7, 11) is 0. The van der Waals surface area contributed by atoms with Gasteiger partial charge in [0.25, 0.3) is 5.91 Å². The Bertz CT molecular complexity index is 578. The van der Waals surface area contributed by atoms with E-state index in [1.807, 2.05) is 6.92 Å². The quantitative estimate of drug-likeness (QED) is 0.882. The molecule has 1 N–H and O–H groups in total. The lowest BCUT2D eigenvalue weighted by molar-refractivity contribution is -0.137. The molecule has 20 heavy (non-hydrogen) atoms. The molecule has 1 aromatic rings. The number of piperazine rings is 1. The maximum absolute atomic E-state index is 12.7. The van der Waals surface area contributed by atoms with Crippen molar-refractivity contribution in [3.05, 3.63) is 27.7 Å². The lowest BCUT2D eigenvalue weighted by atomic mass is 9.92. The molecule has 6 heteroatoms. The monoisotopic (exact) mass is 358 g/mol. The van der Waals surface area contributed by atoms with Gasteiger partial charge in [0.15, 0.2) is 0 Å². The number of rotatable bonds is 2. The number of halogens is 2. The molecule has 108 valence electrons. The standard InChI is InChI=1S/C14H16BrClN2O2/c1-4-14(3)13(20)18(8(2)12(19)17-14)9-5-6-10(15)11(16)7-9/h5-8H,4H2,1-3H3,(H,17,19). The molecule has 0 aromatic heterocycles. The summed E-state index contributed by atoms with van der Waals surface area (Å²) in [6.45, 7) is 5.33. The second-order valence-corrected chi connectivity index (χ2v) is 6.39. The molecule has 1 saturated heterocycles. The van der Waals surface area contributed by atoms with Gasteiger partial charge in [-0.15, -0.1) is 0 Å². The molecule has 1 aliphatic rings. The minimum atomic E-state index is -0.872. The summed E-state index contributed by atoms with van der Waals surface area (Å²) in [5, 5.41) is 3.30. The van der Waals surface area contributed by atoms with Crippen LogP contribution < -0.4 is 10.2 Å². The number of nitrogens with zero attached hydrogens (tertiary/aromatic N) is 1. The van der Waals surface area contributed by atoms with Crippen molar-refractivity contribution in [1.29, 1.82) is 0 Å². The highest BCUT2D eigenvalue weighted by atomic mass is 79.9. The van der Waals surface area contributed by atoms with E-state index < -0.39 is 11.6 Å². The van der Waals surface area contributed by atoms with Gasteiger partial charge in [0.1, 0.15) is 11.6 Å². The van der Waals surface area contributed by atoms with E-state index in [2.05, 4.69) is 21.2 Å². The SMILES string of the molecule is CCC1(C)NC(=O)C(C)N(c2ccc(Br)c(Cl)c2)C1=O. The number of amides is 2. The van der Waals surface area contributed by atoms with Crippen LogP contribution in [0.4, 0.5) is 5.69 Å². The van der Waals surface area contributed by atoms with Crippen LogP contribution in [0.5, 0.6) is 0 Å². The molecule has 0 saturated carbocycles. The van der Waals surface area contributed by atoms with Crippen molar-refractivity contribution in [2.75, 3.05) is 4.90 Å². The average Bonchev–Trinajstić information content (AvgIpc) is 2.41. The summed E-state index contributed by atoms with van der Waals surface area (Å²) in [6, 6.07) is 4.68. The van der Waals surface area contributed by atoms with Gasteiger partial charge in [-0.3, -0.25) is 14.5 Å². The minimum absolute atomic E-state index is 0.120. The third kappa shape index (κ3) is 2.44. The Balaban J connectivity index is 2.48. The zero-order valence-electron chi connectivity index (χ0n) is 11.5. The number of anilines is 1. The predicted molar refractivity (Wildman–Crippen MR) is 82.9 cm³/mol. The second-order valence-electron chi connectivity index (χ2n) is 5.12. The van der Waals surface area contributed by atoms with Gasteiger partial charge in [-0.2, -0.15) is 0 Å². The molecule has 0 radical (unpaired) electrons. The molecule has 4 nitrogen and oxygen atoms in total. The number of carbonyl (C=O) groups excluding carboxylic acids is 2. The highest BCUT2D eigenvalue weighted by Crippen LogP contribution is 2.32. The topological polar surface area (TPSA) is 49.4 Å². The fourth-order valence-corrected chi connectivity index (χ4v) is 2.63. The molecule has 1 heterocycles. The van der Waals surface area contributed by atoms with Gasteiger partial charge >= 0.3 is 0 Å². The van der Waals surface area contributed by atoms with Crippen molar-refractivity contribution >= 4 is 45.0 Å². The maximum atomic E-state index is 12.7.